The third kappa shape index (κ3) is 8.05. The summed E-state index contributed by atoms with van der Waals surface area (Å²) in [6.45, 7) is 7.83. The lowest BCUT2D eigenvalue weighted by Crippen LogP contribution is -2.40. The van der Waals surface area contributed by atoms with Gasteiger partial charge in [-0.1, -0.05) is 36.4 Å². The highest BCUT2D eigenvalue weighted by Gasteiger charge is 2.10. The minimum absolute atomic E-state index is 0. The van der Waals surface area contributed by atoms with Crippen molar-refractivity contribution in [3.63, 3.8) is 0 Å². The normalized spacial score (nSPS) is 12.6. The van der Waals surface area contributed by atoms with Crippen molar-refractivity contribution in [3.05, 3.63) is 66.1 Å². The van der Waals surface area contributed by atoms with Crippen molar-refractivity contribution < 1.29 is 0 Å². The van der Waals surface area contributed by atoms with Gasteiger partial charge in [-0.2, -0.15) is 0 Å². The van der Waals surface area contributed by atoms with Crippen molar-refractivity contribution in [2.24, 2.45) is 4.99 Å². The van der Waals surface area contributed by atoms with E-state index in [1.165, 1.54) is 5.56 Å². The number of benzene rings is 1. The van der Waals surface area contributed by atoms with Crippen LogP contribution in [0, 0.1) is 0 Å². The van der Waals surface area contributed by atoms with E-state index >= 15 is 0 Å². The lowest BCUT2D eigenvalue weighted by molar-refractivity contribution is 0.238. The van der Waals surface area contributed by atoms with Crippen molar-refractivity contribution in [2.75, 3.05) is 26.7 Å². The van der Waals surface area contributed by atoms with Crippen LogP contribution in [-0.4, -0.2) is 58.2 Å². The fourth-order valence-corrected chi connectivity index (χ4v) is 3.48. The molecule has 1 unspecified atom stereocenters. The van der Waals surface area contributed by atoms with Gasteiger partial charge >= 0.3 is 0 Å². The lowest BCUT2D eigenvalue weighted by atomic mass is 10.1. The van der Waals surface area contributed by atoms with E-state index in [1.54, 1.807) is 0 Å². The number of nitrogens with one attached hydrogen (secondary N) is 2. The highest BCUT2D eigenvalue weighted by atomic mass is 127. The molecule has 1 aromatic carbocycles. The largest absolute Gasteiger partial charge is 0.357 e. The highest BCUT2D eigenvalue weighted by molar-refractivity contribution is 14.0. The van der Waals surface area contributed by atoms with E-state index in [4.69, 9.17) is 4.99 Å². The summed E-state index contributed by atoms with van der Waals surface area (Å²) in [6, 6.07) is 17.1. The molecule has 7 nitrogen and oxygen atoms in total. The third-order valence-corrected chi connectivity index (χ3v) is 5.44. The molecule has 0 bridgehead atoms. The molecule has 0 fully saturated rings. The van der Waals surface area contributed by atoms with Gasteiger partial charge in [-0.25, -0.2) is 0 Å². The molecule has 2 N–H and O–H groups in total. The summed E-state index contributed by atoms with van der Waals surface area (Å²) in [5, 5.41) is 15.3. The molecule has 2 aromatic heterocycles. The molecule has 0 saturated carbocycles. The molecule has 0 aliphatic rings. The number of aliphatic imine (C=N–C) groups is 1. The second-order valence-corrected chi connectivity index (χ2v) is 7.87. The summed E-state index contributed by atoms with van der Waals surface area (Å²) in [5.74, 6) is 1.87. The van der Waals surface area contributed by atoms with Crippen LogP contribution in [0.1, 0.15) is 38.1 Å². The van der Waals surface area contributed by atoms with Gasteiger partial charge in [0.2, 0.25) is 0 Å². The van der Waals surface area contributed by atoms with Gasteiger partial charge in [0.05, 0.1) is 0 Å². The smallest absolute Gasteiger partial charge is 0.191 e. The quantitative estimate of drug-likeness (QED) is 0.165. The average Bonchev–Trinajstić information content (AvgIpc) is 3.20. The molecule has 0 saturated heterocycles. The molecule has 8 heteroatoms. The molecule has 1 atom stereocenters. The van der Waals surface area contributed by atoms with E-state index < -0.39 is 0 Å². The number of halogens is 1. The monoisotopic (exact) mass is 549 g/mol. The number of fused-ring (bicyclic) bond motifs is 1. The van der Waals surface area contributed by atoms with E-state index in [-0.39, 0.29) is 24.0 Å². The zero-order valence-corrected chi connectivity index (χ0v) is 21.7. The van der Waals surface area contributed by atoms with E-state index in [9.17, 15) is 0 Å². The number of rotatable bonds is 11. The van der Waals surface area contributed by atoms with Gasteiger partial charge in [0.25, 0.3) is 0 Å². The van der Waals surface area contributed by atoms with Crippen molar-refractivity contribution >= 4 is 35.6 Å². The fraction of sp³-hybridized carbons (Fsp3) is 0.458. The molecule has 0 aliphatic heterocycles. The molecule has 3 aromatic rings. The molecule has 174 valence electrons. The summed E-state index contributed by atoms with van der Waals surface area (Å²) in [4.78, 5) is 7.12. The maximum Gasteiger partial charge on any atom is 0.191 e. The van der Waals surface area contributed by atoms with Crippen LogP contribution in [0.5, 0.6) is 0 Å². The van der Waals surface area contributed by atoms with Gasteiger partial charge in [0.1, 0.15) is 5.82 Å². The Balaban J connectivity index is 0.00000363. The topological polar surface area (TPSA) is 69.8 Å². The number of aryl methyl sites for hydroxylation is 1. The second kappa shape index (κ2) is 14.1. The predicted octanol–water partition coefficient (Wildman–Crippen LogP) is 3.75. The summed E-state index contributed by atoms with van der Waals surface area (Å²) < 4.78 is 2.04. The van der Waals surface area contributed by atoms with Crippen LogP contribution in [0.15, 0.2) is 59.7 Å². The first kappa shape index (κ1) is 26.1. The third-order valence-electron chi connectivity index (χ3n) is 5.44. The number of aromatic nitrogens is 3. The molecular weight excluding hydrogens is 513 g/mol. The molecule has 0 radical (unpaired) electrons. The number of nitrogens with zero attached hydrogens (tertiary/aromatic N) is 5. The number of pyridine rings is 1. The molecule has 2 heterocycles. The Morgan fingerprint density at radius 3 is 2.66 bits per heavy atom. The number of guanidine groups is 1. The van der Waals surface area contributed by atoms with Crippen LogP contribution in [-0.2, 0) is 13.0 Å². The standard InChI is InChI=1S/C24H35N7.HI/c1-4-25-24(26-16-10-14-23-29-28-22-13-8-9-18-31(22)23)27-17-15-20(2)30(3)19-21-11-6-5-7-12-21;/h5-9,11-13,18,20H,4,10,14-17,19H2,1-3H3,(H2,25,26,27);1H. The molecule has 32 heavy (non-hydrogen) atoms. The van der Waals surface area contributed by atoms with Crippen molar-refractivity contribution in [2.45, 2.75) is 45.7 Å². The van der Waals surface area contributed by atoms with E-state index in [2.05, 4.69) is 77.0 Å². The second-order valence-electron chi connectivity index (χ2n) is 7.87. The van der Waals surface area contributed by atoms with E-state index in [0.29, 0.717) is 6.04 Å². The summed E-state index contributed by atoms with van der Waals surface area (Å²) in [6.07, 6.45) is 4.85. The average molecular weight is 550 g/mol. The zero-order chi connectivity index (χ0) is 21.9. The number of hydrogen-bond donors (Lipinski definition) is 2. The SMILES string of the molecule is CCNC(=NCCCc1nnc2ccccn12)NCCC(C)N(C)Cc1ccccc1.I. The Morgan fingerprint density at radius 1 is 1.09 bits per heavy atom. The summed E-state index contributed by atoms with van der Waals surface area (Å²) in [7, 11) is 2.19. The van der Waals surface area contributed by atoms with Crippen molar-refractivity contribution in [1.82, 2.24) is 30.1 Å². The van der Waals surface area contributed by atoms with Gasteiger partial charge in [0.15, 0.2) is 11.6 Å². The van der Waals surface area contributed by atoms with Gasteiger partial charge < -0.3 is 10.6 Å². The summed E-state index contributed by atoms with van der Waals surface area (Å²) >= 11 is 0. The Labute approximate surface area is 208 Å². The molecule has 0 aliphatic carbocycles. The minimum Gasteiger partial charge on any atom is -0.357 e. The maximum atomic E-state index is 4.73. The summed E-state index contributed by atoms with van der Waals surface area (Å²) in [5.41, 5.74) is 2.24. The van der Waals surface area contributed by atoms with E-state index in [0.717, 1.165) is 62.9 Å². The Hall–Kier alpha value is -2.20. The van der Waals surface area contributed by atoms with Crippen LogP contribution in [0.4, 0.5) is 0 Å². The van der Waals surface area contributed by atoms with Crippen LogP contribution in [0.25, 0.3) is 5.65 Å². The predicted molar refractivity (Wildman–Crippen MR) is 143 cm³/mol. The van der Waals surface area contributed by atoms with Gasteiger partial charge in [-0.3, -0.25) is 14.3 Å². The Kier molecular flexibility index (Phi) is 11.4. The molecule has 0 amide bonds. The van der Waals surface area contributed by atoms with Crippen molar-refractivity contribution in [3.8, 4) is 0 Å². The van der Waals surface area contributed by atoms with Crippen LogP contribution in [0.3, 0.4) is 0 Å². The maximum absolute atomic E-state index is 4.73. The first-order valence-corrected chi connectivity index (χ1v) is 11.2. The molecule has 3 rings (SSSR count). The van der Waals surface area contributed by atoms with Crippen LogP contribution < -0.4 is 10.6 Å². The van der Waals surface area contributed by atoms with Crippen molar-refractivity contribution in [1.29, 1.82) is 0 Å². The van der Waals surface area contributed by atoms with Crippen LogP contribution >= 0.6 is 24.0 Å². The first-order chi connectivity index (χ1) is 15.2. The zero-order valence-electron chi connectivity index (χ0n) is 19.4. The number of hydrogen-bond acceptors (Lipinski definition) is 4. The van der Waals surface area contributed by atoms with Gasteiger partial charge in [0, 0.05) is 44.8 Å². The highest BCUT2D eigenvalue weighted by Crippen LogP contribution is 2.08. The van der Waals surface area contributed by atoms with Crippen LogP contribution in [0.2, 0.25) is 0 Å². The molecular formula is C24H36IN7. The fourth-order valence-electron chi connectivity index (χ4n) is 3.48. The van der Waals surface area contributed by atoms with Gasteiger partial charge in [-0.05, 0) is 51.4 Å². The van der Waals surface area contributed by atoms with E-state index in [1.807, 2.05) is 28.8 Å². The lowest BCUT2D eigenvalue weighted by Gasteiger charge is -2.25. The Bertz CT molecular complexity index is 942. The Morgan fingerprint density at radius 2 is 1.88 bits per heavy atom. The minimum atomic E-state index is 0. The van der Waals surface area contributed by atoms with Gasteiger partial charge in [-0.15, -0.1) is 34.2 Å². The molecule has 0 spiro atoms. The first-order valence-electron chi connectivity index (χ1n) is 11.2.